The predicted molar refractivity (Wildman–Crippen MR) is 235 cm³/mol. The fourth-order valence-electron chi connectivity index (χ4n) is 6.18. The maximum absolute atomic E-state index is 14.0. The van der Waals surface area contributed by atoms with Gasteiger partial charge in [-0.25, -0.2) is 14.8 Å². The molecule has 3 atom stereocenters. The molecule has 3 aromatic carbocycles. The second-order valence-electron chi connectivity index (χ2n) is 15.3. The van der Waals surface area contributed by atoms with Gasteiger partial charge in [0.25, 0.3) is 5.91 Å². The molecule has 0 aliphatic heterocycles. The zero-order valence-corrected chi connectivity index (χ0v) is 35.7. The summed E-state index contributed by atoms with van der Waals surface area (Å²) in [5.41, 5.74) is 3.55. The summed E-state index contributed by atoms with van der Waals surface area (Å²) in [6.45, 7) is 10.7. The smallest absolute Gasteiger partial charge is 0.330 e. The number of aliphatic hydroxyl groups is 1. The van der Waals surface area contributed by atoms with Gasteiger partial charge < -0.3 is 25.6 Å². The minimum atomic E-state index is -1.39. The molecule has 0 saturated heterocycles. The topological polar surface area (TPSA) is 151 Å². The quantitative estimate of drug-likeness (QED) is 0.0504. The first-order chi connectivity index (χ1) is 27.7. The van der Waals surface area contributed by atoms with Gasteiger partial charge in [-0.2, -0.15) is 0 Å². The number of carbonyl (C=O) groups excluding carboxylic acids is 2. The van der Waals surface area contributed by atoms with Crippen LogP contribution in [0.25, 0.3) is 22.5 Å². The maximum Gasteiger partial charge on any atom is 0.330 e. The molecule has 0 aliphatic carbocycles. The van der Waals surface area contributed by atoms with Gasteiger partial charge in [0.1, 0.15) is 11.8 Å². The summed E-state index contributed by atoms with van der Waals surface area (Å²) in [5, 5.41) is 26.1. The molecule has 12 heteroatoms. The Kier molecular flexibility index (Phi) is 15.5. The molecular formula is C46H54N4O6S2. The number of unbranched alkanes of at least 4 members (excludes halogenated alkanes) is 4. The molecule has 306 valence electrons. The van der Waals surface area contributed by atoms with Crippen LogP contribution >= 0.6 is 21.8 Å². The highest BCUT2D eigenvalue weighted by Crippen LogP contribution is 2.30. The molecule has 5 rings (SSSR count). The third-order valence-corrected chi connectivity index (χ3v) is 13.1. The van der Waals surface area contributed by atoms with Crippen molar-refractivity contribution in [2.75, 3.05) is 12.9 Å². The Balaban J connectivity index is 1.30. The number of amides is 2. The first-order valence-corrected chi connectivity index (χ1v) is 22.1. The fraction of sp³-hybridized carbons (Fsp3) is 0.348. The first-order valence-electron chi connectivity index (χ1n) is 19.6. The summed E-state index contributed by atoms with van der Waals surface area (Å²) < 4.78 is 5.91. The number of thiophene rings is 1. The maximum atomic E-state index is 14.0. The Morgan fingerprint density at radius 1 is 0.828 bits per heavy atom. The van der Waals surface area contributed by atoms with E-state index in [4.69, 9.17) is 4.74 Å². The molecule has 58 heavy (non-hydrogen) atoms. The molecular weight excluding hydrogens is 769 g/mol. The van der Waals surface area contributed by atoms with Crippen LogP contribution in [-0.4, -0.2) is 61.9 Å². The Morgan fingerprint density at radius 2 is 1.50 bits per heavy atom. The molecule has 2 unspecified atom stereocenters. The van der Waals surface area contributed by atoms with Crippen LogP contribution in [0.4, 0.5) is 0 Å². The molecule has 0 spiro atoms. The van der Waals surface area contributed by atoms with E-state index < -0.39 is 40.4 Å². The van der Waals surface area contributed by atoms with Crippen LogP contribution in [0.2, 0.25) is 0 Å². The van der Waals surface area contributed by atoms with E-state index >= 15 is 0 Å². The molecule has 2 heterocycles. The first kappa shape index (κ1) is 43.9. The monoisotopic (exact) mass is 822 g/mol. The van der Waals surface area contributed by atoms with E-state index in [9.17, 15) is 24.6 Å². The lowest BCUT2D eigenvalue weighted by molar-refractivity contribution is -0.142. The minimum absolute atomic E-state index is 0.0944. The molecule has 5 aromatic rings. The van der Waals surface area contributed by atoms with Crippen LogP contribution in [0.1, 0.15) is 98.4 Å². The van der Waals surface area contributed by atoms with Gasteiger partial charge >= 0.3 is 5.97 Å². The third-order valence-electron chi connectivity index (χ3n) is 9.72. The summed E-state index contributed by atoms with van der Waals surface area (Å²) in [6, 6.07) is 23.3. The summed E-state index contributed by atoms with van der Waals surface area (Å²) >= 11 is 1.36. The van der Waals surface area contributed by atoms with Gasteiger partial charge in [-0.15, -0.1) is 21.8 Å². The number of aliphatic hydroxyl groups excluding tert-OH is 1. The lowest BCUT2D eigenvalue weighted by Crippen LogP contribution is -2.49. The summed E-state index contributed by atoms with van der Waals surface area (Å²) in [6.07, 6.45) is 11.5. The predicted octanol–water partition coefficient (Wildman–Crippen LogP) is 9.77. The second kappa shape index (κ2) is 20.5. The minimum Gasteiger partial charge on any atom is -0.494 e. The van der Waals surface area contributed by atoms with Gasteiger partial charge in [-0.1, -0.05) is 102 Å². The van der Waals surface area contributed by atoms with Crippen molar-refractivity contribution in [3.63, 3.8) is 0 Å². The normalized spacial score (nSPS) is 13.3. The van der Waals surface area contributed by atoms with Crippen molar-refractivity contribution in [1.82, 2.24) is 20.6 Å². The average molecular weight is 823 g/mol. The summed E-state index contributed by atoms with van der Waals surface area (Å²) in [4.78, 5) is 51.6. The highest BCUT2D eigenvalue weighted by atomic mass is 32.2. The lowest BCUT2D eigenvalue weighted by Gasteiger charge is -2.22. The number of nitrogens with zero attached hydrogens (tertiary/aromatic N) is 2. The standard InChI is InChI=1S/C46H54N4O6S2/c1-7-8-9-10-11-25-56-36-21-19-32(20-22-36)35-28-47-42(48-29-35)33-17-15-31(16-18-33)26-38(49-44(53)39-23-24-40(57-39)46(3,4)5)43(52)50-41(45(54)55)34-13-12-14-37(27-34)58(6)30(2)51/h12-24,27-29,38,41,51H,7-11,25-26H2,1-6H3,(H,49,53)(H,50,52)(H,54,55)/t38-,41?,58?/m0/s1. The number of nitrogens with one attached hydrogen (secondary N) is 2. The van der Waals surface area contributed by atoms with E-state index in [2.05, 4.69) is 48.3 Å². The van der Waals surface area contributed by atoms with E-state index in [0.29, 0.717) is 22.9 Å². The number of ether oxygens (including phenoxy) is 1. The molecule has 0 radical (unpaired) electrons. The van der Waals surface area contributed by atoms with Crippen molar-refractivity contribution in [2.45, 2.75) is 95.5 Å². The van der Waals surface area contributed by atoms with E-state index in [0.717, 1.165) is 44.2 Å². The molecule has 0 fully saturated rings. The van der Waals surface area contributed by atoms with E-state index in [1.165, 1.54) is 37.0 Å². The third kappa shape index (κ3) is 12.2. The van der Waals surface area contributed by atoms with Crippen molar-refractivity contribution >= 4 is 44.7 Å². The Bertz CT molecular complexity index is 2190. The highest BCUT2D eigenvalue weighted by Gasteiger charge is 2.29. The van der Waals surface area contributed by atoms with Crippen molar-refractivity contribution in [2.24, 2.45) is 0 Å². The van der Waals surface area contributed by atoms with Gasteiger partial charge in [0.05, 0.1) is 16.5 Å². The van der Waals surface area contributed by atoms with Crippen molar-refractivity contribution in [3.05, 3.63) is 118 Å². The molecule has 4 N–H and O–H groups in total. The van der Waals surface area contributed by atoms with Crippen LogP contribution in [0.5, 0.6) is 5.75 Å². The lowest BCUT2D eigenvalue weighted by atomic mass is 9.95. The molecule has 2 amide bonds. The number of hydrogen-bond acceptors (Lipinski definition) is 7. The summed E-state index contributed by atoms with van der Waals surface area (Å²) in [5.74, 6) is -0.960. The van der Waals surface area contributed by atoms with Crippen molar-refractivity contribution < 1.29 is 29.3 Å². The van der Waals surface area contributed by atoms with Crippen LogP contribution < -0.4 is 15.4 Å². The zero-order valence-electron chi connectivity index (χ0n) is 34.1. The molecule has 10 nitrogen and oxygen atoms in total. The number of carboxylic acid groups (broad SMARTS) is 1. The number of rotatable bonds is 18. The van der Waals surface area contributed by atoms with Crippen LogP contribution in [0.15, 0.2) is 102 Å². The SMILES string of the molecule is CCCCCCCOc1ccc(-c2cnc(-c3ccc(C[C@H](NC(=O)c4ccc(C(C)(C)C)s4)C(=O)NC(C(=O)O)c4cccc(S(C)=C(C)O)c4)cc3)nc2)cc1. The van der Waals surface area contributed by atoms with Crippen LogP contribution in [0.3, 0.4) is 0 Å². The number of carboxylic acids is 1. The Hall–Kier alpha value is -5.17. The molecule has 0 bridgehead atoms. The van der Waals surface area contributed by atoms with Crippen LogP contribution in [0, 0.1) is 0 Å². The number of aliphatic carboxylic acids is 1. The van der Waals surface area contributed by atoms with E-state index in [-0.39, 0.29) is 16.9 Å². The summed E-state index contributed by atoms with van der Waals surface area (Å²) in [7, 11) is -0.639. The number of carbonyl (C=O) groups is 3. The zero-order chi connectivity index (χ0) is 41.8. The van der Waals surface area contributed by atoms with Crippen molar-refractivity contribution in [1.29, 1.82) is 0 Å². The van der Waals surface area contributed by atoms with Gasteiger partial charge in [0.2, 0.25) is 5.91 Å². The number of benzene rings is 3. The highest BCUT2D eigenvalue weighted by molar-refractivity contribution is 8.15. The van der Waals surface area contributed by atoms with E-state index in [1.54, 1.807) is 49.6 Å². The van der Waals surface area contributed by atoms with E-state index in [1.807, 2.05) is 60.9 Å². The van der Waals surface area contributed by atoms with Gasteiger partial charge in [-0.05, 0) is 78.1 Å². The van der Waals surface area contributed by atoms with Gasteiger partial charge in [-0.3, -0.25) is 9.59 Å². The largest absolute Gasteiger partial charge is 0.494 e. The Morgan fingerprint density at radius 3 is 2.12 bits per heavy atom. The van der Waals surface area contributed by atoms with Crippen LogP contribution in [-0.2, 0) is 21.4 Å². The average Bonchev–Trinajstić information content (AvgIpc) is 3.73. The van der Waals surface area contributed by atoms with Gasteiger partial charge in [0.15, 0.2) is 11.9 Å². The fourth-order valence-corrected chi connectivity index (χ4v) is 8.08. The number of aromatic nitrogens is 2. The van der Waals surface area contributed by atoms with Crippen molar-refractivity contribution in [3.8, 4) is 28.3 Å². The second-order valence-corrected chi connectivity index (χ2v) is 18.5. The Labute approximate surface area is 348 Å². The number of hydrogen-bond donors (Lipinski definition) is 4. The molecule has 2 aromatic heterocycles. The molecule has 0 saturated carbocycles. The van der Waals surface area contributed by atoms with Gasteiger partial charge in [0, 0.05) is 39.7 Å². The molecule has 0 aliphatic rings.